The van der Waals surface area contributed by atoms with Gasteiger partial charge in [0.1, 0.15) is 5.75 Å². The molecule has 2 aromatic rings. The van der Waals surface area contributed by atoms with Crippen LogP contribution in [0, 0.1) is 5.41 Å². The first-order chi connectivity index (χ1) is 11.8. The van der Waals surface area contributed by atoms with Crippen molar-refractivity contribution in [1.82, 2.24) is 4.90 Å². The Morgan fingerprint density at radius 1 is 0.958 bits per heavy atom. The minimum atomic E-state index is 0.520. The Labute approximate surface area is 145 Å². The molecule has 1 heterocycles. The number of likely N-dealkylation sites (tertiary alicyclic amines) is 1. The van der Waals surface area contributed by atoms with Crippen LogP contribution in [0.15, 0.2) is 54.6 Å². The maximum atomic E-state index is 5.28. The zero-order chi connectivity index (χ0) is 16.4. The molecule has 1 spiro atoms. The van der Waals surface area contributed by atoms with E-state index >= 15 is 0 Å². The van der Waals surface area contributed by atoms with Crippen LogP contribution in [0.25, 0.3) is 0 Å². The molecule has 1 atom stereocenters. The van der Waals surface area contributed by atoms with E-state index in [0.29, 0.717) is 11.5 Å². The lowest BCUT2D eigenvalue weighted by molar-refractivity contribution is -0.106. The van der Waals surface area contributed by atoms with Gasteiger partial charge < -0.3 is 4.74 Å². The molecule has 2 aromatic carbocycles. The van der Waals surface area contributed by atoms with Crippen molar-refractivity contribution in [3.63, 3.8) is 0 Å². The second-order valence-corrected chi connectivity index (χ2v) is 7.49. The number of nitrogens with zero attached hydrogens (tertiary/aromatic N) is 1. The lowest BCUT2D eigenvalue weighted by Gasteiger charge is -2.60. The summed E-state index contributed by atoms with van der Waals surface area (Å²) in [4.78, 5) is 2.67. The SMILES string of the molecule is COc1ccc(CN2CC3(CCCCC3)[C@H]2c2ccccc2)cc1. The Balaban J connectivity index is 1.56. The summed E-state index contributed by atoms with van der Waals surface area (Å²) < 4.78 is 5.28. The van der Waals surface area contributed by atoms with Gasteiger partial charge in [-0.05, 0) is 36.1 Å². The van der Waals surface area contributed by atoms with Gasteiger partial charge in [0.05, 0.1) is 7.11 Å². The van der Waals surface area contributed by atoms with Gasteiger partial charge in [0.25, 0.3) is 0 Å². The fraction of sp³-hybridized carbons (Fsp3) is 0.455. The van der Waals surface area contributed by atoms with E-state index in [4.69, 9.17) is 4.74 Å². The predicted octanol–water partition coefficient (Wildman–Crippen LogP) is 5.20. The molecule has 4 rings (SSSR count). The van der Waals surface area contributed by atoms with E-state index in [9.17, 15) is 0 Å². The van der Waals surface area contributed by atoms with E-state index in [2.05, 4.69) is 59.5 Å². The Hall–Kier alpha value is -1.80. The van der Waals surface area contributed by atoms with E-state index in [1.54, 1.807) is 7.11 Å². The van der Waals surface area contributed by atoms with Crippen LogP contribution in [0.2, 0.25) is 0 Å². The topological polar surface area (TPSA) is 12.5 Å². The Bertz CT molecular complexity index is 658. The van der Waals surface area contributed by atoms with E-state index < -0.39 is 0 Å². The minimum absolute atomic E-state index is 0.520. The lowest BCUT2D eigenvalue weighted by Crippen LogP contribution is -2.58. The van der Waals surface area contributed by atoms with Crippen molar-refractivity contribution in [1.29, 1.82) is 0 Å². The zero-order valence-corrected chi connectivity index (χ0v) is 14.6. The van der Waals surface area contributed by atoms with Crippen molar-refractivity contribution in [2.75, 3.05) is 13.7 Å². The highest BCUT2D eigenvalue weighted by Crippen LogP contribution is 2.57. The third-order valence-electron chi connectivity index (χ3n) is 5.97. The minimum Gasteiger partial charge on any atom is -0.497 e. The monoisotopic (exact) mass is 321 g/mol. The molecule has 0 bridgehead atoms. The van der Waals surface area contributed by atoms with Crippen molar-refractivity contribution >= 4 is 0 Å². The number of benzene rings is 2. The van der Waals surface area contributed by atoms with Crippen molar-refractivity contribution in [3.8, 4) is 5.75 Å². The van der Waals surface area contributed by atoms with E-state index in [1.807, 2.05) is 0 Å². The van der Waals surface area contributed by atoms with Crippen molar-refractivity contribution in [3.05, 3.63) is 65.7 Å². The number of methoxy groups -OCH3 is 1. The largest absolute Gasteiger partial charge is 0.497 e. The second kappa shape index (κ2) is 6.60. The summed E-state index contributed by atoms with van der Waals surface area (Å²) in [6.07, 6.45) is 7.01. The summed E-state index contributed by atoms with van der Waals surface area (Å²) >= 11 is 0. The normalized spacial score (nSPS) is 23.0. The third kappa shape index (κ3) is 2.84. The van der Waals surface area contributed by atoms with Crippen molar-refractivity contribution < 1.29 is 4.74 Å². The molecule has 2 heteroatoms. The van der Waals surface area contributed by atoms with Crippen LogP contribution < -0.4 is 4.74 Å². The molecule has 0 amide bonds. The first-order valence-corrected chi connectivity index (χ1v) is 9.23. The highest BCUT2D eigenvalue weighted by atomic mass is 16.5. The molecule has 0 aromatic heterocycles. The van der Waals surface area contributed by atoms with Crippen LogP contribution in [-0.4, -0.2) is 18.6 Å². The Morgan fingerprint density at radius 3 is 2.33 bits per heavy atom. The molecule has 1 aliphatic heterocycles. The smallest absolute Gasteiger partial charge is 0.118 e. The molecule has 126 valence electrons. The second-order valence-electron chi connectivity index (χ2n) is 7.49. The predicted molar refractivity (Wildman–Crippen MR) is 98.1 cm³/mol. The molecule has 1 saturated heterocycles. The summed E-state index contributed by atoms with van der Waals surface area (Å²) in [7, 11) is 1.72. The number of ether oxygens (including phenoxy) is 1. The van der Waals surface area contributed by atoms with Crippen molar-refractivity contribution in [2.45, 2.75) is 44.7 Å². The summed E-state index contributed by atoms with van der Waals surface area (Å²) in [5, 5.41) is 0. The molecule has 1 aliphatic carbocycles. The summed E-state index contributed by atoms with van der Waals surface area (Å²) in [6, 6.07) is 20.3. The van der Waals surface area contributed by atoms with Gasteiger partial charge in [0, 0.05) is 24.5 Å². The van der Waals surface area contributed by atoms with E-state index in [1.165, 1.54) is 49.8 Å². The number of rotatable bonds is 4. The van der Waals surface area contributed by atoms with Gasteiger partial charge in [0.2, 0.25) is 0 Å². The maximum absolute atomic E-state index is 5.28. The summed E-state index contributed by atoms with van der Waals surface area (Å²) in [5.74, 6) is 0.936. The number of hydrogen-bond acceptors (Lipinski definition) is 2. The van der Waals surface area contributed by atoms with Crippen LogP contribution in [0.4, 0.5) is 0 Å². The highest BCUT2D eigenvalue weighted by molar-refractivity contribution is 5.30. The van der Waals surface area contributed by atoms with Gasteiger partial charge in [-0.1, -0.05) is 61.7 Å². The van der Waals surface area contributed by atoms with Gasteiger partial charge >= 0.3 is 0 Å². The van der Waals surface area contributed by atoms with Crippen LogP contribution in [0.5, 0.6) is 5.75 Å². The average Bonchev–Trinajstić information content (AvgIpc) is 2.63. The van der Waals surface area contributed by atoms with Crippen LogP contribution in [-0.2, 0) is 6.54 Å². The average molecular weight is 321 g/mol. The fourth-order valence-corrected chi connectivity index (χ4v) is 4.86. The van der Waals surface area contributed by atoms with Crippen LogP contribution in [0.3, 0.4) is 0 Å². The molecule has 24 heavy (non-hydrogen) atoms. The fourth-order valence-electron chi connectivity index (χ4n) is 4.86. The van der Waals surface area contributed by atoms with Gasteiger partial charge in [0.15, 0.2) is 0 Å². The van der Waals surface area contributed by atoms with Crippen LogP contribution in [0.1, 0.15) is 49.3 Å². The Kier molecular flexibility index (Phi) is 4.32. The van der Waals surface area contributed by atoms with Gasteiger partial charge in [-0.2, -0.15) is 0 Å². The van der Waals surface area contributed by atoms with Gasteiger partial charge in [-0.15, -0.1) is 0 Å². The molecule has 2 fully saturated rings. The summed E-state index contributed by atoms with van der Waals surface area (Å²) in [5.41, 5.74) is 3.40. The highest BCUT2D eigenvalue weighted by Gasteiger charge is 2.52. The first kappa shape index (κ1) is 15.7. The lowest BCUT2D eigenvalue weighted by atomic mass is 9.61. The Morgan fingerprint density at radius 2 is 1.67 bits per heavy atom. The van der Waals surface area contributed by atoms with Gasteiger partial charge in [-0.25, -0.2) is 0 Å². The molecule has 1 saturated carbocycles. The third-order valence-corrected chi connectivity index (χ3v) is 5.97. The molecule has 0 N–H and O–H groups in total. The van der Waals surface area contributed by atoms with Gasteiger partial charge in [-0.3, -0.25) is 4.90 Å². The standard InChI is InChI=1S/C22H27NO/c1-24-20-12-10-18(11-13-20)16-23-17-22(14-6-3-7-15-22)21(23)19-8-4-2-5-9-19/h2,4-5,8-13,21H,3,6-7,14-17H2,1H3/t21-/m1/s1. The quantitative estimate of drug-likeness (QED) is 0.767. The molecular formula is C22H27NO. The molecular weight excluding hydrogens is 294 g/mol. The summed E-state index contributed by atoms with van der Waals surface area (Å²) in [6.45, 7) is 2.28. The van der Waals surface area contributed by atoms with Crippen molar-refractivity contribution in [2.24, 2.45) is 5.41 Å². The first-order valence-electron chi connectivity index (χ1n) is 9.23. The maximum Gasteiger partial charge on any atom is 0.118 e. The van der Waals surface area contributed by atoms with E-state index in [-0.39, 0.29) is 0 Å². The zero-order valence-electron chi connectivity index (χ0n) is 14.6. The molecule has 2 aliphatic rings. The molecule has 2 nitrogen and oxygen atoms in total. The molecule has 0 unspecified atom stereocenters. The molecule has 0 radical (unpaired) electrons. The number of hydrogen-bond donors (Lipinski definition) is 0. The van der Waals surface area contributed by atoms with E-state index in [0.717, 1.165) is 12.3 Å². The van der Waals surface area contributed by atoms with Crippen LogP contribution >= 0.6 is 0 Å².